The van der Waals surface area contributed by atoms with Gasteiger partial charge >= 0.3 is 0 Å². The van der Waals surface area contributed by atoms with Crippen molar-refractivity contribution in [1.82, 2.24) is 4.58 Å². The first-order chi connectivity index (χ1) is 17.1. The Balaban J connectivity index is 1.34. The molecule has 0 amide bonds. The predicted molar refractivity (Wildman–Crippen MR) is 139 cm³/mol. The van der Waals surface area contributed by atoms with E-state index in [2.05, 4.69) is 127 Å². The van der Waals surface area contributed by atoms with E-state index in [0.717, 1.165) is 42.3 Å². The summed E-state index contributed by atoms with van der Waals surface area (Å²) in [5, 5.41) is 1.20. The van der Waals surface area contributed by atoms with Gasteiger partial charge in [-0.2, -0.15) is 0 Å². The van der Waals surface area contributed by atoms with Gasteiger partial charge in [0.05, 0.1) is 6.07 Å². The fourth-order valence-corrected chi connectivity index (χ4v) is 4.44. The van der Waals surface area contributed by atoms with Gasteiger partial charge in [-0.05, 0) is 43.2 Å². The van der Waals surface area contributed by atoms with Gasteiger partial charge in [0.15, 0.2) is 31.3 Å². The quantitative estimate of drug-likeness (QED) is 0.336. The van der Waals surface area contributed by atoms with Gasteiger partial charge in [-0.25, -0.2) is 13.7 Å². The van der Waals surface area contributed by atoms with Crippen LogP contribution in [0.15, 0.2) is 108 Å². The second-order valence-corrected chi connectivity index (χ2v) is 8.90. The third kappa shape index (κ3) is 5.07. The molecular weight excluding hydrogens is 430 g/mol. The summed E-state index contributed by atoms with van der Waals surface area (Å²) in [5.41, 5.74) is 5.90. The number of benzene rings is 2. The third-order valence-electron chi connectivity index (χ3n) is 6.57. The summed E-state index contributed by atoms with van der Waals surface area (Å²) in [6.07, 6.45) is 8.43. The van der Waals surface area contributed by atoms with Crippen LogP contribution in [0.2, 0.25) is 0 Å². The lowest BCUT2D eigenvalue weighted by Crippen LogP contribution is -2.33. The molecule has 1 aliphatic heterocycles. The van der Waals surface area contributed by atoms with E-state index >= 15 is 0 Å². The van der Waals surface area contributed by atoms with E-state index in [0.29, 0.717) is 0 Å². The average Bonchev–Trinajstić information content (AvgIpc) is 2.90. The first kappa shape index (κ1) is 22.7. The molecule has 35 heavy (non-hydrogen) atoms. The predicted octanol–water partition coefficient (Wildman–Crippen LogP) is 4.69. The normalized spacial score (nSPS) is 11.1. The molecule has 0 fully saturated rings. The summed E-state index contributed by atoms with van der Waals surface area (Å²) in [6.45, 7) is 7.15. The zero-order chi connectivity index (χ0) is 24.2. The molecule has 2 aliphatic rings. The Morgan fingerprint density at radius 2 is 1.20 bits per heavy atom. The molecule has 2 aromatic heterocycles. The Morgan fingerprint density at radius 1 is 0.629 bits per heavy atom. The Hall–Kier alpha value is -4.05. The van der Waals surface area contributed by atoms with E-state index in [-0.39, 0.29) is 0 Å². The van der Waals surface area contributed by atoms with Crippen LogP contribution in [0.4, 0.5) is 0 Å². The minimum Gasteiger partial charge on any atom is -0.456 e. The molecule has 0 N–H and O–H groups in total. The van der Waals surface area contributed by atoms with E-state index in [1.54, 1.807) is 0 Å². The molecule has 174 valence electrons. The largest absolute Gasteiger partial charge is 0.456 e. The Kier molecular flexibility index (Phi) is 6.53. The first-order valence-electron chi connectivity index (χ1n) is 12.3. The van der Waals surface area contributed by atoms with Crippen LogP contribution < -0.4 is 19.1 Å². The van der Waals surface area contributed by atoms with Gasteiger partial charge in [-0.3, -0.25) is 0 Å². The molecule has 0 radical (unpaired) electrons. The Morgan fingerprint density at radius 3 is 1.86 bits per heavy atom. The molecule has 4 heteroatoms. The monoisotopic (exact) mass is 462 g/mol. The maximum atomic E-state index is 6.32. The number of nitrogens with zero attached hydrogens (tertiary/aromatic N) is 3. The molecule has 0 atom stereocenters. The van der Waals surface area contributed by atoms with Crippen molar-refractivity contribution in [3.8, 4) is 33.8 Å². The molecule has 4 nitrogen and oxygen atoms in total. The highest BCUT2D eigenvalue weighted by Gasteiger charge is 2.11. The van der Waals surface area contributed by atoms with Crippen molar-refractivity contribution < 1.29 is 13.6 Å². The van der Waals surface area contributed by atoms with Crippen LogP contribution >= 0.6 is 0 Å². The maximum Gasteiger partial charge on any atom is 0.203 e. The number of aryl methyl sites for hydroxylation is 1. The van der Waals surface area contributed by atoms with Gasteiger partial charge in [0.2, 0.25) is 5.36 Å². The molecule has 0 spiro atoms. The highest BCUT2D eigenvalue weighted by atomic mass is 16.3. The summed E-state index contributed by atoms with van der Waals surface area (Å²) in [4.78, 5) is 0. The van der Waals surface area contributed by atoms with Gasteiger partial charge < -0.3 is 4.42 Å². The van der Waals surface area contributed by atoms with Crippen LogP contribution in [0.1, 0.15) is 19.4 Å². The minimum atomic E-state index is 0.826. The van der Waals surface area contributed by atoms with Crippen LogP contribution in [0, 0.1) is 0 Å². The summed E-state index contributed by atoms with van der Waals surface area (Å²) in [5.74, 6) is 1.80. The lowest BCUT2D eigenvalue weighted by Gasteiger charge is -2.08. The summed E-state index contributed by atoms with van der Waals surface area (Å²) in [7, 11) is 2.03. The van der Waals surface area contributed by atoms with Crippen LogP contribution in [-0.2, 0) is 13.6 Å². The Bertz CT molecular complexity index is 1460. The Labute approximate surface area is 207 Å². The number of aromatic nitrogens is 2. The zero-order valence-corrected chi connectivity index (χ0v) is 20.7. The van der Waals surface area contributed by atoms with Crippen LogP contribution in [0.25, 0.3) is 33.8 Å². The number of pyridine rings is 2. The van der Waals surface area contributed by atoms with Crippen LogP contribution in [0.5, 0.6) is 0 Å². The van der Waals surface area contributed by atoms with Gasteiger partial charge in [-0.1, -0.05) is 24.3 Å². The maximum absolute atomic E-state index is 6.32. The SMILES string of the molecule is CC[N+](CC)=c1ccc2ccc(-c3ccc(C[n+]4ccc(-c5cc[n+](C)cc5)cc4)cc3)oc-2c1. The zero-order valence-electron chi connectivity index (χ0n) is 20.7. The van der Waals surface area contributed by atoms with Crippen LogP contribution in [0.3, 0.4) is 0 Å². The van der Waals surface area contributed by atoms with Crippen molar-refractivity contribution in [2.45, 2.75) is 20.4 Å². The minimum absolute atomic E-state index is 0.826. The summed E-state index contributed by atoms with van der Waals surface area (Å²) in [6, 6.07) is 27.9. The first-order valence-corrected chi connectivity index (χ1v) is 12.3. The summed E-state index contributed by atoms with van der Waals surface area (Å²) >= 11 is 0. The van der Waals surface area contributed by atoms with E-state index in [1.807, 2.05) is 11.6 Å². The van der Waals surface area contributed by atoms with Crippen molar-refractivity contribution >= 4 is 0 Å². The number of hydrogen-bond acceptors (Lipinski definition) is 1. The highest BCUT2D eigenvalue weighted by Crippen LogP contribution is 2.27. The molecule has 1 aliphatic carbocycles. The third-order valence-corrected chi connectivity index (χ3v) is 6.57. The van der Waals surface area contributed by atoms with E-state index in [9.17, 15) is 0 Å². The summed E-state index contributed by atoms with van der Waals surface area (Å²) < 4.78 is 12.9. The molecule has 0 saturated carbocycles. The lowest BCUT2D eigenvalue weighted by molar-refractivity contribution is -0.688. The van der Waals surface area contributed by atoms with Crippen molar-refractivity contribution in [2.24, 2.45) is 7.05 Å². The molecule has 0 bridgehead atoms. The number of fused-ring (bicyclic) bond motifs is 1. The molecular formula is C31H32N3O+3. The van der Waals surface area contributed by atoms with E-state index in [1.165, 1.54) is 22.0 Å². The molecule has 3 aromatic rings. The van der Waals surface area contributed by atoms with E-state index < -0.39 is 0 Å². The van der Waals surface area contributed by atoms with Gasteiger partial charge in [0.1, 0.15) is 31.7 Å². The number of hydrogen-bond donors (Lipinski definition) is 0. The van der Waals surface area contributed by atoms with Gasteiger partial charge in [0, 0.05) is 47.0 Å². The lowest BCUT2D eigenvalue weighted by atomic mass is 10.1. The average molecular weight is 463 g/mol. The standard InChI is InChI=1S/C31H32N3O/c1-4-34(5-2)29-12-10-28-11-13-30(35-31(28)22-29)27-8-6-24(7-9-27)23-33-20-16-26(17-21-33)25-14-18-32(3)19-15-25/h6-22H,4-5,23H2,1-3H3/q+3. The van der Waals surface area contributed by atoms with Crippen molar-refractivity contribution in [3.05, 3.63) is 115 Å². The number of rotatable bonds is 6. The topological polar surface area (TPSA) is 23.9 Å². The van der Waals surface area contributed by atoms with Crippen molar-refractivity contribution in [2.75, 3.05) is 13.1 Å². The molecule has 0 unspecified atom stereocenters. The van der Waals surface area contributed by atoms with Gasteiger partial charge in [-0.15, -0.1) is 0 Å². The molecule has 5 rings (SSSR count). The fourth-order valence-electron chi connectivity index (χ4n) is 4.44. The van der Waals surface area contributed by atoms with Crippen molar-refractivity contribution in [1.29, 1.82) is 0 Å². The second-order valence-electron chi connectivity index (χ2n) is 8.90. The van der Waals surface area contributed by atoms with E-state index in [4.69, 9.17) is 4.42 Å². The molecule has 0 saturated heterocycles. The fraction of sp³-hybridized carbons (Fsp3) is 0.194. The van der Waals surface area contributed by atoms with Gasteiger partial charge in [0.25, 0.3) is 0 Å². The molecule has 1 aromatic carbocycles. The van der Waals surface area contributed by atoms with Crippen LogP contribution in [-0.4, -0.2) is 13.1 Å². The smallest absolute Gasteiger partial charge is 0.203 e. The molecule has 3 heterocycles. The second kappa shape index (κ2) is 10.1. The highest BCUT2D eigenvalue weighted by molar-refractivity contribution is 5.65. The van der Waals surface area contributed by atoms with Crippen molar-refractivity contribution in [3.63, 3.8) is 0 Å².